The van der Waals surface area contributed by atoms with Crippen LogP contribution in [0.25, 0.3) is 0 Å². The molecule has 0 aromatic heterocycles. The average Bonchev–Trinajstić information content (AvgIpc) is 2.76. The van der Waals surface area contributed by atoms with Crippen LogP contribution in [-0.4, -0.2) is 22.7 Å². The van der Waals surface area contributed by atoms with Gasteiger partial charge < -0.3 is 4.74 Å². The van der Waals surface area contributed by atoms with Crippen LogP contribution in [0.15, 0.2) is 63.9 Å². The van der Waals surface area contributed by atoms with Crippen molar-refractivity contribution >= 4 is 40.4 Å². The molecule has 0 saturated heterocycles. The van der Waals surface area contributed by atoms with Gasteiger partial charge in [0.1, 0.15) is 12.2 Å². The van der Waals surface area contributed by atoms with E-state index < -0.39 is 17.8 Å². The van der Waals surface area contributed by atoms with Crippen molar-refractivity contribution in [2.45, 2.75) is 13.5 Å². The van der Waals surface area contributed by atoms with Crippen molar-refractivity contribution in [1.82, 2.24) is 4.90 Å². The maximum atomic E-state index is 12.4. The van der Waals surface area contributed by atoms with Crippen molar-refractivity contribution in [3.05, 3.63) is 69.5 Å². The van der Waals surface area contributed by atoms with Crippen LogP contribution < -0.4 is 0 Å². The van der Waals surface area contributed by atoms with Gasteiger partial charge in [-0.05, 0) is 41.2 Å². The molecule has 118 valence electrons. The average molecular weight is 423 g/mol. The van der Waals surface area contributed by atoms with Crippen LogP contribution in [0.1, 0.15) is 12.5 Å². The highest BCUT2D eigenvalue weighted by Crippen LogP contribution is 2.29. The summed E-state index contributed by atoms with van der Waals surface area (Å²) in [5, 5.41) is 0. The number of imide groups is 1. The van der Waals surface area contributed by atoms with Gasteiger partial charge in [-0.2, -0.15) is 0 Å². The summed E-state index contributed by atoms with van der Waals surface area (Å²) in [6.45, 7) is 5.16. The summed E-state index contributed by atoms with van der Waals surface area (Å²) in [6.07, 6.45) is 2.99. The fraction of sp³-hybridized carbons (Fsp3) is 0.118. The first-order chi connectivity index (χ1) is 11.0. The SMILES string of the molecule is C=C/C=C(\C)N1C(=O)C(I)=C(C(=O)OCc2ccccc2)C1=O. The van der Waals surface area contributed by atoms with E-state index in [2.05, 4.69) is 6.58 Å². The minimum Gasteiger partial charge on any atom is -0.457 e. The fourth-order valence-electron chi connectivity index (χ4n) is 2.04. The topological polar surface area (TPSA) is 63.7 Å². The highest BCUT2D eigenvalue weighted by atomic mass is 127. The van der Waals surface area contributed by atoms with Crippen LogP contribution in [0.5, 0.6) is 0 Å². The molecule has 0 radical (unpaired) electrons. The van der Waals surface area contributed by atoms with E-state index in [1.165, 1.54) is 12.2 Å². The Balaban J connectivity index is 2.17. The van der Waals surface area contributed by atoms with Crippen LogP contribution in [-0.2, 0) is 25.7 Å². The summed E-state index contributed by atoms with van der Waals surface area (Å²) < 4.78 is 5.21. The van der Waals surface area contributed by atoms with Crippen molar-refractivity contribution in [3.63, 3.8) is 0 Å². The zero-order valence-electron chi connectivity index (χ0n) is 12.4. The Morgan fingerprint density at radius 3 is 2.52 bits per heavy atom. The number of ether oxygens (including phenoxy) is 1. The Labute approximate surface area is 147 Å². The summed E-state index contributed by atoms with van der Waals surface area (Å²) in [7, 11) is 0. The van der Waals surface area contributed by atoms with Gasteiger partial charge in [-0.3, -0.25) is 9.59 Å². The van der Waals surface area contributed by atoms with Gasteiger partial charge in [0.2, 0.25) is 0 Å². The molecule has 0 aliphatic carbocycles. The van der Waals surface area contributed by atoms with Gasteiger partial charge in [-0.25, -0.2) is 9.69 Å². The monoisotopic (exact) mass is 423 g/mol. The number of amides is 2. The van der Waals surface area contributed by atoms with Gasteiger partial charge in [0.25, 0.3) is 11.8 Å². The summed E-state index contributed by atoms with van der Waals surface area (Å²) in [6, 6.07) is 9.10. The van der Waals surface area contributed by atoms with E-state index in [-0.39, 0.29) is 15.8 Å². The summed E-state index contributed by atoms with van der Waals surface area (Å²) >= 11 is 1.70. The number of carbonyl (C=O) groups excluding carboxylic acids is 3. The number of halogens is 1. The molecule has 0 spiro atoms. The van der Waals surface area contributed by atoms with Crippen LogP contribution in [0, 0.1) is 0 Å². The lowest BCUT2D eigenvalue weighted by atomic mass is 10.2. The standard InChI is InChI=1S/C17H14INO4/c1-3-7-11(2)19-15(20)13(14(18)16(19)21)17(22)23-10-12-8-5-4-6-9-12/h3-9H,1,10H2,2H3/b11-7+. The molecular weight excluding hydrogens is 409 g/mol. The number of carbonyl (C=O) groups is 3. The molecule has 1 aliphatic heterocycles. The van der Waals surface area contributed by atoms with Crippen molar-refractivity contribution in [2.24, 2.45) is 0 Å². The molecule has 0 bridgehead atoms. The van der Waals surface area contributed by atoms with E-state index in [0.29, 0.717) is 5.70 Å². The second-order valence-corrected chi connectivity index (χ2v) is 5.82. The van der Waals surface area contributed by atoms with Crippen LogP contribution in [0.2, 0.25) is 0 Å². The Hall–Kier alpha value is -2.22. The fourth-order valence-corrected chi connectivity index (χ4v) is 2.73. The summed E-state index contributed by atoms with van der Waals surface area (Å²) in [5.74, 6) is -2.00. The number of hydrogen-bond acceptors (Lipinski definition) is 4. The normalized spacial score (nSPS) is 15.2. The van der Waals surface area contributed by atoms with E-state index in [0.717, 1.165) is 10.5 Å². The molecule has 1 heterocycles. The van der Waals surface area contributed by atoms with Gasteiger partial charge in [0, 0.05) is 5.70 Å². The zero-order valence-corrected chi connectivity index (χ0v) is 14.6. The van der Waals surface area contributed by atoms with Crippen molar-refractivity contribution in [2.75, 3.05) is 0 Å². The minimum atomic E-state index is -0.800. The molecule has 23 heavy (non-hydrogen) atoms. The number of benzene rings is 1. The lowest BCUT2D eigenvalue weighted by molar-refractivity contribution is -0.143. The summed E-state index contributed by atoms with van der Waals surface area (Å²) in [4.78, 5) is 37.7. The highest BCUT2D eigenvalue weighted by molar-refractivity contribution is 14.1. The largest absolute Gasteiger partial charge is 0.457 e. The maximum Gasteiger partial charge on any atom is 0.345 e. The third kappa shape index (κ3) is 3.58. The molecule has 2 rings (SSSR count). The second kappa shape index (κ2) is 7.36. The summed E-state index contributed by atoms with van der Waals surface area (Å²) in [5.41, 5.74) is 0.964. The van der Waals surface area contributed by atoms with E-state index in [9.17, 15) is 14.4 Å². The Morgan fingerprint density at radius 2 is 1.91 bits per heavy atom. The lowest BCUT2D eigenvalue weighted by Gasteiger charge is -2.14. The number of esters is 1. The van der Waals surface area contributed by atoms with Crippen molar-refractivity contribution in [1.29, 1.82) is 0 Å². The number of nitrogens with zero attached hydrogens (tertiary/aromatic N) is 1. The van der Waals surface area contributed by atoms with Gasteiger partial charge in [0.15, 0.2) is 0 Å². The molecule has 0 atom stereocenters. The number of hydrogen-bond donors (Lipinski definition) is 0. The molecule has 0 saturated carbocycles. The zero-order chi connectivity index (χ0) is 17.0. The van der Waals surface area contributed by atoms with Crippen LogP contribution in [0.4, 0.5) is 0 Å². The van der Waals surface area contributed by atoms with Crippen molar-refractivity contribution in [3.8, 4) is 0 Å². The minimum absolute atomic E-state index is 0.0377. The van der Waals surface area contributed by atoms with E-state index >= 15 is 0 Å². The molecule has 5 nitrogen and oxygen atoms in total. The van der Waals surface area contributed by atoms with Crippen LogP contribution >= 0.6 is 22.6 Å². The predicted octanol–water partition coefficient (Wildman–Crippen LogP) is 2.88. The molecular formula is C17H14INO4. The van der Waals surface area contributed by atoms with Gasteiger partial charge in [0.05, 0.1) is 3.58 Å². The van der Waals surface area contributed by atoms with Gasteiger partial charge in [-0.1, -0.05) is 43.0 Å². The first kappa shape index (κ1) is 17.1. The molecule has 6 heteroatoms. The third-order valence-electron chi connectivity index (χ3n) is 3.16. The van der Waals surface area contributed by atoms with Crippen LogP contribution in [0.3, 0.4) is 0 Å². The third-order valence-corrected chi connectivity index (χ3v) is 4.16. The molecule has 2 amide bonds. The van der Waals surface area contributed by atoms with E-state index in [1.807, 2.05) is 18.2 Å². The molecule has 0 fully saturated rings. The smallest absolute Gasteiger partial charge is 0.345 e. The highest BCUT2D eigenvalue weighted by Gasteiger charge is 2.42. The molecule has 1 aliphatic rings. The lowest BCUT2D eigenvalue weighted by Crippen LogP contribution is -2.31. The molecule has 0 N–H and O–H groups in total. The van der Waals surface area contributed by atoms with E-state index in [4.69, 9.17) is 4.74 Å². The number of allylic oxidation sites excluding steroid dienone is 3. The Kier molecular flexibility index (Phi) is 5.49. The number of rotatable bonds is 5. The Morgan fingerprint density at radius 1 is 1.26 bits per heavy atom. The Bertz CT molecular complexity index is 734. The molecule has 1 aromatic rings. The van der Waals surface area contributed by atoms with Crippen molar-refractivity contribution < 1.29 is 19.1 Å². The first-order valence-electron chi connectivity index (χ1n) is 6.76. The second-order valence-electron chi connectivity index (χ2n) is 4.74. The maximum absolute atomic E-state index is 12.4. The molecule has 0 unspecified atom stereocenters. The quantitative estimate of drug-likeness (QED) is 0.240. The van der Waals surface area contributed by atoms with Gasteiger partial charge >= 0.3 is 5.97 Å². The first-order valence-corrected chi connectivity index (χ1v) is 7.84. The molecule has 1 aromatic carbocycles. The predicted molar refractivity (Wildman–Crippen MR) is 93.1 cm³/mol. The van der Waals surface area contributed by atoms with Gasteiger partial charge in [-0.15, -0.1) is 0 Å². The van der Waals surface area contributed by atoms with E-state index in [1.54, 1.807) is 41.6 Å².